The largest absolute Gasteiger partial charge is 0.497 e. The number of ether oxygens (including phenoxy) is 2. The highest BCUT2D eigenvalue weighted by atomic mass is 35.5. The maximum Gasteiger partial charge on any atom is 0.435 e. The summed E-state index contributed by atoms with van der Waals surface area (Å²) in [6.07, 6.45) is -0.183. The van der Waals surface area contributed by atoms with Crippen LogP contribution in [0.4, 0.5) is 26.9 Å². The molecule has 1 aliphatic carbocycles. The molecule has 2 aliphatic rings. The number of hydrogen-bond donors (Lipinski definition) is 2. The van der Waals surface area contributed by atoms with Gasteiger partial charge in [-0.2, -0.15) is 4.68 Å². The Bertz CT molecular complexity index is 1810. The van der Waals surface area contributed by atoms with Crippen molar-refractivity contribution in [2.24, 2.45) is 0 Å². The number of carbonyl (C=O) groups is 3. The third kappa shape index (κ3) is 4.30. The van der Waals surface area contributed by atoms with Gasteiger partial charge in [0.2, 0.25) is 5.91 Å². The van der Waals surface area contributed by atoms with Crippen LogP contribution < -0.4 is 15.0 Å². The molecule has 13 heteroatoms. The number of nitrogens with zero attached hydrogens (tertiary/aromatic N) is 5. The molecular weight excluding hydrogens is 564 g/mol. The molecule has 2 atom stereocenters. The van der Waals surface area contributed by atoms with Gasteiger partial charge in [-0.3, -0.25) is 4.79 Å². The highest BCUT2D eigenvalue weighted by Crippen LogP contribution is 2.67. The Morgan fingerprint density at radius 3 is 2.62 bits per heavy atom. The summed E-state index contributed by atoms with van der Waals surface area (Å²) < 4.78 is 12.1. The lowest BCUT2D eigenvalue weighted by Crippen LogP contribution is -2.36. The average Bonchev–Trinajstić information content (AvgIpc) is 3.51. The molecule has 1 aliphatic heterocycles. The van der Waals surface area contributed by atoms with E-state index in [1.165, 1.54) is 13.3 Å². The SMILES string of the molecule is COc1ccc2c(c1)[C@]1(C[C@H]1c1ccc3c(Nc4nc(C)ncc4Cl)nn(C(=O)OC(C)(C)C)c3c1)C(=O)N2C(=O)O. The van der Waals surface area contributed by atoms with E-state index in [9.17, 15) is 19.5 Å². The van der Waals surface area contributed by atoms with Gasteiger partial charge in [-0.1, -0.05) is 17.7 Å². The number of fused-ring (bicyclic) bond motifs is 3. The molecule has 0 radical (unpaired) electrons. The van der Waals surface area contributed by atoms with E-state index in [-0.39, 0.29) is 10.9 Å². The number of carboxylic acid groups (broad SMARTS) is 1. The molecule has 3 heterocycles. The Balaban J connectivity index is 1.45. The Kier molecular flexibility index (Phi) is 6.15. The lowest BCUT2D eigenvalue weighted by molar-refractivity contribution is -0.119. The summed E-state index contributed by atoms with van der Waals surface area (Å²) in [4.78, 5) is 48.2. The number of halogens is 1. The van der Waals surface area contributed by atoms with E-state index in [0.29, 0.717) is 51.8 Å². The Morgan fingerprint density at radius 1 is 1.17 bits per heavy atom. The smallest absolute Gasteiger partial charge is 0.435 e. The Labute approximate surface area is 245 Å². The zero-order chi connectivity index (χ0) is 30.1. The number of amides is 2. The maximum absolute atomic E-state index is 13.6. The summed E-state index contributed by atoms with van der Waals surface area (Å²) in [5.74, 6) is 0.791. The quantitative estimate of drug-likeness (QED) is 0.300. The maximum atomic E-state index is 13.6. The van der Waals surface area contributed by atoms with E-state index in [1.807, 2.05) is 6.07 Å². The fraction of sp³-hybridized carbons (Fsp3) is 0.310. The van der Waals surface area contributed by atoms with Gasteiger partial charge in [0, 0.05) is 11.3 Å². The molecule has 42 heavy (non-hydrogen) atoms. The van der Waals surface area contributed by atoms with Crippen molar-refractivity contribution >= 4 is 57.9 Å². The number of aromatic nitrogens is 4. The molecule has 2 aromatic carbocycles. The van der Waals surface area contributed by atoms with Crippen LogP contribution in [0.2, 0.25) is 5.02 Å². The summed E-state index contributed by atoms with van der Waals surface area (Å²) in [6, 6.07) is 10.3. The fourth-order valence-corrected chi connectivity index (χ4v) is 5.69. The number of hydrogen-bond acceptors (Lipinski definition) is 9. The van der Waals surface area contributed by atoms with Crippen LogP contribution in [0, 0.1) is 6.92 Å². The molecule has 4 aromatic rings. The first kappa shape index (κ1) is 27.5. The molecule has 0 saturated heterocycles. The van der Waals surface area contributed by atoms with Crippen molar-refractivity contribution in [3.63, 3.8) is 0 Å². The van der Waals surface area contributed by atoms with Crippen LogP contribution in [-0.4, -0.2) is 55.7 Å². The van der Waals surface area contributed by atoms with Gasteiger partial charge in [0.15, 0.2) is 11.6 Å². The van der Waals surface area contributed by atoms with Crippen LogP contribution in [0.5, 0.6) is 5.75 Å². The summed E-state index contributed by atoms with van der Waals surface area (Å²) in [5.41, 5.74) is 0.228. The first-order valence-electron chi connectivity index (χ1n) is 13.1. The molecule has 1 fully saturated rings. The molecule has 1 spiro atoms. The third-order valence-corrected chi connectivity index (χ3v) is 7.71. The zero-order valence-corrected chi connectivity index (χ0v) is 24.2. The first-order chi connectivity index (χ1) is 19.8. The number of benzene rings is 2. The van der Waals surface area contributed by atoms with Crippen molar-refractivity contribution in [2.75, 3.05) is 17.3 Å². The van der Waals surface area contributed by atoms with Gasteiger partial charge in [0.05, 0.1) is 29.9 Å². The Hall–Kier alpha value is -4.71. The molecule has 2 N–H and O–H groups in total. The number of methoxy groups -OCH3 is 1. The van der Waals surface area contributed by atoms with Crippen molar-refractivity contribution < 1.29 is 29.0 Å². The van der Waals surface area contributed by atoms with Crippen molar-refractivity contribution in [2.45, 2.75) is 51.0 Å². The standard InChI is InChI=1S/C29H27ClN6O6/c1-14-31-13-20(30)24(32-14)33-23-17-8-6-15(10-22(17)36(34-23)27(40)42-28(2,3)4)19-12-29(19)18-11-16(41-5)7-9-21(18)35(25(29)37)26(38)39/h6-11,13,19H,12H2,1-5H3,(H,38,39)(H,31,32,33,34)/t19-,29-/m0/s1. The van der Waals surface area contributed by atoms with Crippen LogP contribution in [0.3, 0.4) is 0 Å². The van der Waals surface area contributed by atoms with Crippen LogP contribution >= 0.6 is 11.6 Å². The fourth-order valence-electron chi connectivity index (χ4n) is 5.55. The second-order valence-corrected chi connectivity index (χ2v) is 11.7. The van der Waals surface area contributed by atoms with Crippen molar-refractivity contribution in [1.82, 2.24) is 19.7 Å². The third-order valence-electron chi connectivity index (χ3n) is 7.44. The van der Waals surface area contributed by atoms with E-state index in [1.54, 1.807) is 58.0 Å². The van der Waals surface area contributed by atoms with Crippen molar-refractivity contribution in [1.29, 1.82) is 0 Å². The molecule has 0 bridgehead atoms. The average molecular weight is 591 g/mol. The number of carbonyl (C=O) groups excluding carboxylic acids is 2. The molecule has 2 amide bonds. The van der Waals surface area contributed by atoms with Gasteiger partial charge < -0.3 is 19.9 Å². The minimum atomic E-state index is -1.35. The number of imide groups is 1. The van der Waals surface area contributed by atoms with Gasteiger partial charge in [-0.05, 0) is 75.6 Å². The van der Waals surface area contributed by atoms with E-state index in [2.05, 4.69) is 20.4 Å². The second-order valence-electron chi connectivity index (χ2n) is 11.3. The van der Waals surface area contributed by atoms with Gasteiger partial charge in [0.1, 0.15) is 22.2 Å². The number of aryl methyl sites for hydroxylation is 1. The predicted octanol–water partition coefficient (Wildman–Crippen LogP) is 5.77. The number of anilines is 3. The van der Waals surface area contributed by atoms with Crippen LogP contribution in [-0.2, 0) is 14.9 Å². The Morgan fingerprint density at radius 2 is 1.93 bits per heavy atom. The molecule has 12 nitrogen and oxygen atoms in total. The molecular formula is C29H27ClN6O6. The van der Waals surface area contributed by atoms with Crippen LogP contribution in [0.15, 0.2) is 42.6 Å². The molecule has 2 aromatic heterocycles. The molecule has 1 saturated carbocycles. The van der Waals surface area contributed by atoms with Gasteiger partial charge >= 0.3 is 12.2 Å². The summed E-state index contributed by atoms with van der Waals surface area (Å²) in [6.45, 7) is 6.98. The molecule has 6 rings (SSSR count). The summed E-state index contributed by atoms with van der Waals surface area (Å²) in [7, 11) is 1.51. The summed E-state index contributed by atoms with van der Waals surface area (Å²) in [5, 5.41) is 18.3. The highest BCUT2D eigenvalue weighted by molar-refractivity contribution is 6.33. The monoisotopic (exact) mass is 590 g/mol. The predicted molar refractivity (Wildman–Crippen MR) is 154 cm³/mol. The van der Waals surface area contributed by atoms with E-state index < -0.39 is 29.1 Å². The van der Waals surface area contributed by atoms with Gasteiger partial charge in [0.25, 0.3) is 0 Å². The van der Waals surface area contributed by atoms with Gasteiger partial charge in [-0.15, -0.1) is 5.10 Å². The minimum Gasteiger partial charge on any atom is -0.497 e. The molecule has 0 unspecified atom stereocenters. The topological polar surface area (TPSA) is 149 Å². The van der Waals surface area contributed by atoms with E-state index >= 15 is 0 Å². The number of nitrogens with one attached hydrogen (secondary N) is 1. The normalized spacial score (nSPS) is 19.2. The van der Waals surface area contributed by atoms with Gasteiger partial charge in [-0.25, -0.2) is 24.5 Å². The lowest BCUT2D eigenvalue weighted by atomic mass is 9.91. The van der Waals surface area contributed by atoms with Crippen LogP contribution in [0.1, 0.15) is 50.1 Å². The van der Waals surface area contributed by atoms with Crippen molar-refractivity contribution in [3.05, 3.63) is 64.6 Å². The van der Waals surface area contributed by atoms with Crippen molar-refractivity contribution in [3.8, 4) is 5.75 Å². The van der Waals surface area contributed by atoms with E-state index in [0.717, 1.165) is 15.1 Å². The van der Waals surface area contributed by atoms with E-state index in [4.69, 9.17) is 21.1 Å². The lowest BCUT2D eigenvalue weighted by Gasteiger charge is -2.19. The first-order valence-corrected chi connectivity index (χ1v) is 13.5. The molecule has 216 valence electrons. The minimum absolute atomic E-state index is 0.272. The number of rotatable bonds is 4. The zero-order valence-electron chi connectivity index (χ0n) is 23.4. The second kappa shape index (κ2) is 9.41. The summed E-state index contributed by atoms with van der Waals surface area (Å²) >= 11 is 6.31. The van der Waals surface area contributed by atoms with Crippen LogP contribution in [0.25, 0.3) is 10.9 Å². The highest BCUT2D eigenvalue weighted by Gasteiger charge is 2.68.